The fourth-order valence-corrected chi connectivity index (χ4v) is 3.63. The second kappa shape index (κ2) is 8.78. The highest BCUT2D eigenvalue weighted by molar-refractivity contribution is 6.09. The van der Waals surface area contributed by atoms with E-state index in [4.69, 9.17) is 9.72 Å². The van der Waals surface area contributed by atoms with Crippen LogP contribution in [0.15, 0.2) is 78.9 Å². The van der Waals surface area contributed by atoms with Gasteiger partial charge in [0, 0.05) is 28.8 Å². The highest BCUT2D eigenvalue weighted by Crippen LogP contribution is 2.29. The van der Waals surface area contributed by atoms with Gasteiger partial charge in [-0.15, -0.1) is 0 Å². The predicted octanol–water partition coefficient (Wildman–Crippen LogP) is 5.54. The molecular weight excluding hydrogens is 372 g/mol. The number of hydrogen-bond donors (Lipinski definition) is 1. The van der Waals surface area contributed by atoms with Crippen molar-refractivity contribution >= 4 is 16.8 Å². The molecule has 0 fully saturated rings. The average molecular weight is 396 g/mol. The van der Waals surface area contributed by atoms with Crippen LogP contribution in [0.2, 0.25) is 0 Å². The Morgan fingerprint density at radius 1 is 0.967 bits per heavy atom. The Kier molecular flexibility index (Phi) is 5.75. The molecule has 0 saturated heterocycles. The summed E-state index contributed by atoms with van der Waals surface area (Å²) >= 11 is 0. The van der Waals surface area contributed by atoms with Gasteiger partial charge in [-0.1, -0.05) is 66.7 Å². The Morgan fingerprint density at radius 3 is 2.53 bits per heavy atom. The summed E-state index contributed by atoms with van der Waals surface area (Å²) in [6, 6.07) is 25.7. The van der Waals surface area contributed by atoms with Crippen molar-refractivity contribution in [3.63, 3.8) is 0 Å². The zero-order valence-corrected chi connectivity index (χ0v) is 17.2. The van der Waals surface area contributed by atoms with E-state index in [-0.39, 0.29) is 5.91 Å². The number of fused-ring (bicyclic) bond motifs is 1. The van der Waals surface area contributed by atoms with Crippen LogP contribution in [-0.4, -0.2) is 17.5 Å². The molecule has 0 unspecified atom stereocenters. The summed E-state index contributed by atoms with van der Waals surface area (Å²) in [5, 5.41) is 3.89. The maximum atomic E-state index is 13.1. The van der Waals surface area contributed by atoms with E-state index in [9.17, 15) is 4.79 Å². The molecule has 0 atom stereocenters. The van der Waals surface area contributed by atoms with Crippen LogP contribution < -0.4 is 10.1 Å². The molecule has 1 N–H and O–H groups in total. The largest absolute Gasteiger partial charge is 0.494 e. The van der Waals surface area contributed by atoms with Crippen molar-refractivity contribution < 1.29 is 9.53 Å². The minimum Gasteiger partial charge on any atom is -0.494 e. The molecule has 4 nitrogen and oxygen atoms in total. The van der Waals surface area contributed by atoms with Crippen molar-refractivity contribution in [3.05, 3.63) is 95.7 Å². The van der Waals surface area contributed by atoms with Gasteiger partial charge in [0.2, 0.25) is 0 Å². The third-order valence-corrected chi connectivity index (χ3v) is 5.01. The number of hydrogen-bond acceptors (Lipinski definition) is 3. The van der Waals surface area contributed by atoms with Crippen LogP contribution in [0.4, 0.5) is 0 Å². The lowest BCUT2D eigenvalue weighted by Gasteiger charge is -2.13. The van der Waals surface area contributed by atoms with Crippen LogP contribution in [0.3, 0.4) is 0 Å². The van der Waals surface area contributed by atoms with Crippen molar-refractivity contribution in [1.82, 2.24) is 10.3 Å². The van der Waals surface area contributed by atoms with Gasteiger partial charge in [0.15, 0.2) is 0 Å². The Bertz CT molecular complexity index is 1190. The van der Waals surface area contributed by atoms with Crippen molar-refractivity contribution in [1.29, 1.82) is 0 Å². The van der Waals surface area contributed by atoms with Gasteiger partial charge < -0.3 is 10.1 Å². The number of nitrogens with zero attached hydrogens (tertiary/aromatic N) is 1. The Balaban J connectivity index is 1.68. The highest BCUT2D eigenvalue weighted by Gasteiger charge is 2.15. The van der Waals surface area contributed by atoms with Gasteiger partial charge in [-0.05, 0) is 31.5 Å². The van der Waals surface area contributed by atoms with Gasteiger partial charge in [-0.3, -0.25) is 9.78 Å². The molecule has 0 saturated carbocycles. The maximum absolute atomic E-state index is 13.1. The van der Waals surface area contributed by atoms with Crippen LogP contribution in [0.1, 0.15) is 28.5 Å². The fourth-order valence-electron chi connectivity index (χ4n) is 3.63. The van der Waals surface area contributed by atoms with Crippen LogP contribution >= 0.6 is 0 Å². The van der Waals surface area contributed by atoms with Crippen LogP contribution in [-0.2, 0) is 6.54 Å². The number of carbonyl (C=O) groups excluding carboxylic acids is 1. The molecule has 0 aliphatic heterocycles. The number of amides is 1. The quantitative estimate of drug-likeness (QED) is 0.466. The summed E-state index contributed by atoms with van der Waals surface area (Å²) in [6.07, 6.45) is 0. The van der Waals surface area contributed by atoms with Gasteiger partial charge in [0.05, 0.1) is 17.7 Å². The van der Waals surface area contributed by atoms with Gasteiger partial charge in [-0.25, -0.2) is 0 Å². The summed E-state index contributed by atoms with van der Waals surface area (Å²) < 4.78 is 5.67. The SMILES string of the molecule is CCOc1ccccc1CNC(=O)c1cc(C)nc2c(-c3ccccc3)cccc12. The van der Waals surface area contributed by atoms with E-state index >= 15 is 0 Å². The number of rotatable bonds is 6. The number of para-hydroxylation sites is 2. The molecule has 30 heavy (non-hydrogen) atoms. The Labute approximate surface area is 176 Å². The highest BCUT2D eigenvalue weighted by atomic mass is 16.5. The number of carbonyl (C=O) groups is 1. The van der Waals surface area contributed by atoms with E-state index in [0.717, 1.165) is 39.0 Å². The second-order valence-corrected chi connectivity index (χ2v) is 7.10. The molecular formula is C26H24N2O2. The van der Waals surface area contributed by atoms with Gasteiger partial charge >= 0.3 is 0 Å². The first kappa shape index (κ1) is 19.6. The Hall–Kier alpha value is -3.66. The first-order chi connectivity index (χ1) is 14.7. The molecule has 150 valence electrons. The van der Waals surface area contributed by atoms with E-state index in [2.05, 4.69) is 17.4 Å². The number of benzene rings is 3. The molecule has 3 aromatic carbocycles. The molecule has 0 spiro atoms. The molecule has 1 amide bonds. The van der Waals surface area contributed by atoms with E-state index in [1.807, 2.05) is 80.6 Å². The molecule has 4 heteroatoms. The lowest BCUT2D eigenvalue weighted by Crippen LogP contribution is -2.23. The van der Waals surface area contributed by atoms with E-state index < -0.39 is 0 Å². The first-order valence-corrected chi connectivity index (χ1v) is 10.1. The zero-order valence-electron chi connectivity index (χ0n) is 17.2. The minimum atomic E-state index is -0.123. The molecule has 4 aromatic rings. The number of aryl methyl sites for hydroxylation is 1. The first-order valence-electron chi connectivity index (χ1n) is 10.1. The smallest absolute Gasteiger partial charge is 0.252 e. The van der Waals surface area contributed by atoms with Crippen molar-refractivity contribution in [2.75, 3.05) is 6.61 Å². The molecule has 4 rings (SSSR count). The average Bonchev–Trinajstić information content (AvgIpc) is 2.78. The van der Waals surface area contributed by atoms with Crippen LogP contribution in [0.25, 0.3) is 22.0 Å². The topological polar surface area (TPSA) is 51.2 Å². The summed E-state index contributed by atoms with van der Waals surface area (Å²) in [6.45, 7) is 4.85. The lowest BCUT2D eigenvalue weighted by atomic mass is 9.98. The van der Waals surface area contributed by atoms with Crippen LogP contribution in [0, 0.1) is 6.92 Å². The number of aromatic nitrogens is 1. The Morgan fingerprint density at radius 2 is 1.73 bits per heavy atom. The van der Waals surface area contributed by atoms with Gasteiger partial charge in [0.1, 0.15) is 5.75 Å². The van der Waals surface area contributed by atoms with Crippen molar-refractivity contribution in [2.45, 2.75) is 20.4 Å². The van der Waals surface area contributed by atoms with Gasteiger partial charge in [-0.2, -0.15) is 0 Å². The number of pyridine rings is 1. The van der Waals surface area contributed by atoms with Crippen LogP contribution in [0.5, 0.6) is 5.75 Å². The summed E-state index contributed by atoms with van der Waals surface area (Å²) in [5.74, 6) is 0.671. The minimum absolute atomic E-state index is 0.123. The zero-order chi connectivity index (χ0) is 20.9. The predicted molar refractivity (Wildman–Crippen MR) is 121 cm³/mol. The lowest BCUT2D eigenvalue weighted by molar-refractivity contribution is 0.0952. The third-order valence-electron chi connectivity index (χ3n) is 5.01. The summed E-state index contributed by atoms with van der Waals surface area (Å²) in [7, 11) is 0. The number of nitrogens with one attached hydrogen (secondary N) is 1. The second-order valence-electron chi connectivity index (χ2n) is 7.10. The summed E-state index contributed by atoms with van der Waals surface area (Å²) in [5.41, 5.74) is 5.33. The van der Waals surface area contributed by atoms with Crippen molar-refractivity contribution in [3.8, 4) is 16.9 Å². The maximum Gasteiger partial charge on any atom is 0.252 e. The van der Waals surface area contributed by atoms with Crippen molar-refractivity contribution in [2.24, 2.45) is 0 Å². The molecule has 0 aliphatic rings. The van der Waals surface area contributed by atoms with E-state index in [1.54, 1.807) is 0 Å². The molecule has 1 aromatic heterocycles. The summed E-state index contributed by atoms with van der Waals surface area (Å²) in [4.78, 5) is 17.9. The van der Waals surface area contributed by atoms with E-state index in [1.165, 1.54) is 0 Å². The van der Waals surface area contributed by atoms with E-state index in [0.29, 0.717) is 18.7 Å². The molecule has 0 radical (unpaired) electrons. The normalized spacial score (nSPS) is 10.7. The van der Waals surface area contributed by atoms with Gasteiger partial charge in [0.25, 0.3) is 5.91 Å². The molecule has 0 bridgehead atoms. The molecule has 1 heterocycles. The fraction of sp³-hybridized carbons (Fsp3) is 0.154. The third kappa shape index (κ3) is 4.03. The molecule has 0 aliphatic carbocycles. The number of ether oxygens (including phenoxy) is 1. The monoisotopic (exact) mass is 396 g/mol. The standard InChI is InChI=1S/C26H24N2O2/c1-3-30-24-15-8-7-12-20(24)17-27-26(29)23-16-18(2)28-25-21(13-9-14-22(23)25)19-10-5-4-6-11-19/h4-16H,3,17H2,1-2H3,(H,27,29).